The van der Waals surface area contributed by atoms with E-state index in [0.29, 0.717) is 17.0 Å². The minimum absolute atomic E-state index is 0.237. The largest absolute Gasteiger partial charge is 0.452 e. The van der Waals surface area contributed by atoms with Gasteiger partial charge in [0.15, 0.2) is 6.61 Å². The van der Waals surface area contributed by atoms with Gasteiger partial charge in [0.1, 0.15) is 0 Å². The number of esters is 1. The second-order valence-corrected chi connectivity index (χ2v) is 8.49. The molecule has 4 rings (SSSR count). The number of fused-ring (bicyclic) bond motifs is 1. The summed E-state index contributed by atoms with van der Waals surface area (Å²) in [5, 5.41) is 9.65. The summed E-state index contributed by atoms with van der Waals surface area (Å²) in [6.07, 6.45) is 2.01. The third kappa shape index (κ3) is 5.02. The maximum Gasteiger partial charge on any atom is 0.339 e. The van der Waals surface area contributed by atoms with Crippen molar-refractivity contribution in [1.29, 1.82) is 0 Å². The molecule has 1 fully saturated rings. The van der Waals surface area contributed by atoms with Gasteiger partial charge in [0.2, 0.25) is 5.91 Å². The number of amides is 2. The Hall–Kier alpha value is -3.75. The van der Waals surface area contributed by atoms with E-state index in [9.17, 15) is 14.4 Å². The number of carbonyl (C=O) groups is 3. The van der Waals surface area contributed by atoms with Crippen LogP contribution in [0.3, 0.4) is 0 Å². The van der Waals surface area contributed by atoms with E-state index in [0.717, 1.165) is 40.9 Å². The van der Waals surface area contributed by atoms with Gasteiger partial charge in [-0.3, -0.25) is 9.59 Å². The van der Waals surface area contributed by atoms with E-state index in [1.165, 1.54) is 0 Å². The first-order valence-corrected chi connectivity index (χ1v) is 10.8. The lowest BCUT2D eigenvalue weighted by molar-refractivity contribution is -0.126. The van der Waals surface area contributed by atoms with Crippen LogP contribution in [0.25, 0.3) is 11.1 Å². The number of hydrogen-bond acceptors (Lipinski definition) is 7. The fraction of sp³-hybridized carbons (Fsp3) is 0.375. The molecule has 9 heteroatoms. The average molecular weight is 450 g/mol. The quantitative estimate of drug-likeness (QED) is 0.530. The molecule has 0 aliphatic heterocycles. The van der Waals surface area contributed by atoms with Gasteiger partial charge in [-0.25, -0.2) is 9.78 Å². The van der Waals surface area contributed by atoms with Crippen LogP contribution in [0.2, 0.25) is 0 Å². The van der Waals surface area contributed by atoms with Crippen LogP contribution < -0.4 is 10.6 Å². The van der Waals surface area contributed by atoms with Gasteiger partial charge in [0.25, 0.3) is 11.6 Å². The van der Waals surface area contributed by atoms with Crippen molar-refractivity contribution in [2.24, 2.45) is 0 Å². The van der Waals surface area contributed by atoms with Crippen molar-refractivity contribution in [3.8, 4) is 0 Å². The summed E-state index contributed by atoms with van der Waals surface area (Å²) in [5.74, 6) is -1.31. The molecule has 1 saturated carbocycles. The van der Waals surface area contributed by atoms with Crippen LogP contribution in [0.1, 0.15) is 57.2 Å². The number of anilines is 1. The first-order chi connectivity index (χ1) is 15.7. The van der Waals surface area contributed by atoms with Crippen LogP contribution in [-0.2, 0) is 14.3 Å². The highest BCUT2D eigenvalue weighted by atomic mass is 16.5. The summed E-state index contributed by atoms with van der Waals surface area (Å²) in [7, 11) is 0. The van der Waals surface area contributed by atoms with Crippen LogP contribution in [0.15, 0.2) is 22.7 Å². The van der Waals surface area contributed by atoms with Gasteiger partial charge >= 0.3 is 5.97 Å². The molecule has 172 valence electrons. The van der Waals surface area contributed by atoms with Crippen molar-refractivity contribution in [3.63, 3.8) is 0 Å². The Morgan fingerprint density at radius 1 is 1.06 bits per heavy atom. The molecule has 2 heterocycles. The number of pyridine rings is 1. The number of aromatic nitrogens is 2. The maximum absolute atomic E-state index is 12.7. The fourth-order valence-corrected chi connectivity index (χ4v) is 3.86. The molecule has 1 aliphatic carbocycles. The second kappa shape index (κ2) is 9.01. The van der Waals surface area contributed by atoms with Crippen molar-refractivity contribution >= 4 is 34.6 Å². The average Bonchev–Trinajstić information content (AvgIpc) is 3.55. The van der Waals surface area contributed by atoms with Crippen molar-refractivity contribution in [3.05, 3.63) is 51.8 Å². The lowest BCUT2D eigenvalue weighted by Gasteiger charge is -2.13. The Bertz CT molecular complexity index is 1240. The summed E-state index contributed by atoms with van der Waals surface area (Å²) < 4.78 is 10.4. The summed E-state index contributed by atoms with van der Waals surface area (Å²) in [5.41, 5.74) is 5.56. The molecule has 0 radical (unpaired) electrons. The molecule has 0 spiro atoms. The first-order valence-electron chi connectivity index (χ1n) is 10.8. The fourth-order valence-electron chi connectivity index (χ4n) is 3.86. The third-order valence-corrected chi connectivity index (χ3v) is 5.57. The van der Waals surface area contributed by atoms with Crippen LogP contribution in [-0.4, -0.2) is 41.1 Å². The van der Waals surface area contributed by atoms with Crippen LogP contribution in [0.4, 0.5) is 5.69 Å². The predicted octanol–water partition coefficient (Wildman–Crippen LogP) is 3.25. The first kappa shape index (κ1) is 22.4. The molecule has 0 saturated heterocycles. The van der Waals surface area contributed by atoms with Gasteiger partial charge in [0.05, 0.1) is 23.2 Å². The van der Waals surface area contributed by atoms with E-state index >= 15 is 0 Å². The Morgan fingerprint density at radius 3 is 2.42 bits per heavy atom. The topological polar surface area (TPSA) is 123 Å². The SMILES string of the molecule is Cc1cc(C)c(NC(=O)CNC(=O)COC(=O)c2cc(C3CC3)nc3onc(C)c23)c(C)c1. The predicted molar refractivity (Wildman–Crippen MR) is 121 cm³/mol. The monoisotopic (exact) mass is 450 g/mol. The molecule has 1 aromatic carbocycles. The zero-order chi connectivity index (χ0) is 23.7. The Balaban J connectivity index is 1.33. The Morgan fingerprint density at radius 2 is 1.76 bits per heavy atom. The molecule has 9 nitrogen and oxygen atoms in total. The number of rotatable bonds is 7. The molecule has 0 bridgehead atoms. The van der Waals surface area contributed by atoms with Crippen LogP contribution >= 0.6 is 0 Å². The summed E-state index contributed by atoms with van der Waals surface area (Å²) in [4.78, 5) is 41.6. The third-order valence-electron chi connectivity index (χ3n) is 5.57. The lowest BCUT2D eigenvalue weighted by atomic mass is 10.1. The van der Waals surface area contributed by atoms with Gasteiger partial charge < -0.3 is 19.9 Å². The van der Waals surface area contributed by atoms with E-state index in [2.05, 4.69) is 20.8 Å². The summed E-state index contributed by atoms with van der Waals surface area (Å²) in [6.45, 7) is 6.77. The van der Waals surface area contributed by atoms with Gasteiger partial charge in [-0.05, 0) is 57.7 Å². The molecule has 2 amide bonds. The van der Waals surface area contributed by atoms with E-state index in [4.69, 9.17) is 9.26 Å². The van der Waals surface area contributed by atoms with Gasteiger partial charge in [0, 0.05) is 17.3 Å². The van der Waals surface area contributed by atoms with Gasteiger partial charge in [-0.15, -0.1) is 0 Å². The smallest absolute Gasteiger partial charge is 0.339 e. The van der Waals surface area contributed by atoms with E-state index in [1.54, 1.807) is 13.0 Å². The minimum atomic E-state index is -0.666. The van der Waals surface area contributed by atoms with Crippen molar-refractivity contribution in [1.82, 2.24) is 15.5 Å². The number of nitrogens with one attached hydrogen (secondary N) is 2. The molecule has 3 aromatic rings. The maximum atomic E-state index is 12.7. The number of aryl methyl sites for hydroxylation is 4. The summed E-state index contributed by atoms with van der Waals surface area (Å²) >= 11 is 0. The molecule has 2 N–H and O–H groups in total. The Labute approximate surface area is 190 Å². The van der Waals surface area contributed by atoms with Crippen LogP contribution in [0, 0.1) is 27.7 Å². The number of hydrogen-bond donors (Lipinski definition) is 2. The Kier molecular flexibility index (Phi) is 6.13. The van der Waals surface area contributed by atoms with E-state index in [-0.39, 0.29) is 23.7 Å². The van der Waals surface area contributed by atoms with Gasteiger partial charge in [-0.1, -0.05) is 22.9 Å². The molecular formula is C24H26N4O5. The number of nitrogens with zero attached hydrogens (tertiary/aromatic N) is 2. The lowest BCUT2D eigenvalue weighted by Crippen LogP contribution is -2.35. The second-order valence-electron chi connectivity index (χ2n) is 8.49. The molecular weight excluding hydrogens is 424 g/mol. The normalized spacial score (nSPS) is 13.1. The molecule has 0 unspecified atom stereocenters. The number of ether oxygens (including phenoxy) is 1. The highest BCUT2D eigenvalue weighted by Crippen LogP contribution is 2.40. The van der Waals surface area contributed by atoms with Crippen molar-refractivity contribution < 1.29 is 23.6 Å². The molecule has 1 aliphatic rings. The van der Waals surface area contributed by atoms with Gasteiger partial charge in [-0.2, -0.15) is 0 Å². The number of carbonyl (C=O) groups excluding carboxylic acids is 3. The highest BCUT2D eigenvalue weighted by molar-refractivity contribution is 6.04. The van der Waals surface area contributed by atoms with E-state index in [1.807, 2.05) is 32.9 Å². The molecule has 2 aromatic heterocycles. The van der Waals surface area contributed by atoms with Crippen LogP contribution in [0.5, 0.6) is 0 Å². The molecule has 33 heavy (non-hydrogen) atoms. The highest BCUT2D eigenvalue weighted by Gasteiger charge is 2.29. The molecule has 0 atom stereocenters. The van der Waals surface area contributed by atoms with E-state index < -0.39 is 18.5 Å². The van der Waals surface area contributed by atoms with Crippen molar-refractivity contribution in [2.75, 3.05) is 18.5 Å². The standard InChI is InChI=1S/C24H26N4O5/c1-12-7-13(2)22(14(3)8-12)27-19(29)10-25-20(30)11-32-24(31)17-9-18(16-5-6-16)26-23-21(17)15(4)28-33-23/h7-9,16H,5-6,10-11H2,1-4H3,(H,25,30)(H,27,29). The van der Waals surface area contributed by atoms with Crippen molar-refractivity contribution in [2.45, 2.75) is 46.5 Å². The minimum Gasteiger partial charge on any atom is -0.452 e. The summed E-state index contributed by atoms with van der Waals surface area (Å²) in [6, 6.07) is 5.63. The zero-order valence-corrected chi connectivity index (χ0v) is 19.1. The number of benzene rings is 1. The zero-order valence-electron chi connectivity index (χ0n) is 19.1.